The minimum absolute atomic E-state index is 0.241. The van der Waals surface area contributed by atoms with Crippen molar-refractivity contribution in [2.24, 2.45) is 0 Å². The lowest BCUT2D eigenvalue weighted by atomic mass is 9.94. The fraction of sp³-hybridized carbons (Fsp3) is 0.238. The number of carbonyl (C=O) groups excluding carboxylic acids is 2. The van der Waals surface area contributed by atoms with Crippen molar-refractivity contribution in [3.8, 4) is 5.75 Å². The average Bonchev–Trinajstić information content (AvgIpc) is 2.67. The number of rotatable bonds is 4. The van der Waals surface area contributed by atoms with E-state index in [1.807, 2.05) is 55.5 Å². The van der Waals surface area contributed by atoms with E-state index in [9.17, 15) is 9.59 Å². The SMILES string of the molecule is COc1ccc([C@H]2NC(=O)N(C)C(C)=C2C(=O)Nc2ccccc2C)cc1. The molecule has 1 atom stereocenters. The summed E-state index contributed by atoms with van der Waals surface area (Å²) in [5.41, 5.74) is 3.65. The van der Waals surface area contributed by atoms with Gasteiger partial charge in [-0.1, -0.05) is 30.3 Å². The number of anilines is 1. The monoisotopic (exact) mass is 365 g/mol. The Morgan fingerprint density at radius 3 is 2.41 bits per heavy atom. The van der Waals surface area contributed by atoms with Crippen LogP contribution >= 0.6 is 0 Å². The Morgan fingerprint density at radius 1 is 1.11 bits per heavy atom. The van der Waals surface area contributed by atoms with Gasteiger partial charge in [0.15, 0.2) is 0 Å². The molecule has 0 saturated carbocycles. The molecule has 0 aromatic heterocycles. The molecule has 0 spiro atoms. The minimum atomic E-state index is -0.538. The van der Waals surface area contributed by atoms with Gasteiger partial charge in [0.05, 0.1) is 18.7 Å². The summed E-state index contributed by atoms with van der Waals surface area (Å²) in [6, 6.07) is 14.1. The second-order valence-electron chi connectivity index (χ2n) is 6.48. The number of nitrogens with zero attached hydrogens (tertiary/aromatic N) is 1. The molecule has 27 heavy (non-hydrogen) atoms. The lowest BCUT2D eigenvalue weighted by Gasteiger charge is -2.33. The van der Waals surface area contributed by atoms with Crippen molar-refractivity contribution in [3.05, 3.63) is 70.9 Å². The predicted molar refractivity (Wildman–Crippen MR) is 105 cm³/mol. The van der Waals surface area contributed by atoms with E-state index in [1.54, 1.807) is 21.1 Å². The van der Waals surface area contributed by atoms with Gasteiger partial charge in [-0.25, -0.2) is 4.79 Å². The van der Waals surface area contributed by atoms with Crippen molar-refractivity contribution in [1.29, 1.82) is 0 Å². The van der Waals surface area contributed by atoms with Gasteiger partial charge in [0.2, 0.25) is 0 Å². The molecule has 1 aliphatic rings. The van der Waals surface area contributed by atoms with Crippen LogP contribution < -0.4 is 15.4 Å². The number of para-hydroxylation sites is 1. The maximum absolute atomic E-state index is 13.1. The maximum Gasteiger partial charge on any atom is 0.322 e. The van der Waals surface area contributed by atoms with Crippen LogP contribution in [0.15, 0.2) is 59.8 Å². The lowest BCUT2D eigenvalue weighted by molar-refractivity contribution is -0.113. The molecule has 2 N–H and O–H groups in total. The first-order chi connectivity index (χ1) is 12.9. The summed E-state index contributed by atoms with van der Waals surface area (Å²) < 4.78 is 5.20. The predicted octanol–water partition coefficient (Wildman–Crippen LogP) is 3.61. The zero-order valence-corrected chi connectivity index (χ0v) is 15.9. The Morgan fingerprint density at radius 2 is 1.78 bits per heavy atom. The molecule has 0 bridgehead atoms. The van der Waals surface area contributed by atoms with E-state index < -0.39 is 6.04 Å². The minimum Gasteiger partial charge on any atom is -0.497 e. The van der Waals surface area contributed by atoms with E-state index in [0.717, 1.165) is 16.8 Å². The molecule has 2 aromatic rings. The van der Waals surface area contributed by atoms with E-state index in [-0.39, 0.29) is 11.9 Å². The molecular weight excluding hydrogens is 342 g/mol. The number of hydrogen-bond acceptors (Lipinski definition) is 3. The first kappa shape index (κ1) is 18.5. The number of carbonyl (C=O) groups is 2. The first-order valence-corrected chi connectivity index (χ1v) is 8.68. The summed E-state index contributed by atoms with van der Waals surface area (Å²) in [6.07, 6.45) is 0. The summed E-state index contributed by atoms with van der Waals surface area (Å²) in [5, 5.41) is 5.88. The first-order valence-electron chi connectivity index (χ1n) is 8.68. The Kier molecular flexibility index (Phi) is 5.16. The Hall–Kier alpha value is -3.28. The van der Waals surface area contributed by atoms with E-state index in [0.29, 0.717) is 17.0 Å². The summed E-state index contributed by atoms with van der Waals surface area (Å²) in [7, 11) is 3.24. The Labute approximate surface area is 158 Å². The largest absolute Gasteiger partial charge is 0.497 e. The zero-order valence-electron chi connectivity index (χ0n) is 15.9. The number of ether oxygens (including phenoxy) is 1. The lowest BCUT2D eigenvalue weighted by Crippen LogP contribution is -2.46. The molecule has 1 heterocycles. The number of aryl methyl sites for hydroxylation is 1. The summed E-state index contributed by atoms with van der Waals surface area (Å²) in [6.45, 7) is 3.72. The third kappa shape index (κ3) is 3.65. The third-order valence-corrected chi connectivity index (χ3v) is 4.84. The molecule has 2 aromatic carbocycles. The molecule has 6 nitrogen and oxygen atoms in total. The molecule has 3 amide bonds. The van der Waals surface area contributed by atoms with Crippen molar-refractivity contribution < 1.29 is 14.3 Å². The van der Waals surface area contributed by atoms with Crippen molar-refractivity contribution in [2.75, 3.05) is 19.5 Å². The van der Waals surface area contributed by atoms with Gasteiger partial charge in [0, 0.05) is 18.4 Å². The van der Waals surface area contributed by atoms with Gasteiger partial charge in [0.1, 0.15) is 5.75 Å². The third-order valence-electron chi connectivity index (χ3n) is 4.84. The maximum atomic E-state index is 13.1. The number of nitrogens with one attached hydrogen (secondary N) is 2. The number of benzene rings is 2. The van der Waals surface area contributed by atoms with Crippen LogP contribution in [0.3, 0.4) is 0 Å². The molecule has 0 fully saturated rings. The summed E-state index contributed by atoms with van der Waals surface area (Å²) in [4.78, 5) is 26.9. The molecule has 0 saturated heterocycles. The molecule has 0 aliphatic carbocycles. The van der Waals surface area contributed by atoms with Crippen LogP contribution in [0.5, 0.6) is 5.75 Å². The van der Waals surface area contributed by atoms with Crippen LogP contribution in [-0.4, -0.2) is 31.0 Å². The number of urea groups is 1. The summed E-state index contributed by atoms with van der Waals surface area (Å²) in [5.74, 6) is 0.471. The highest BCUT2D eigenvalue weighted by atomic mass is 16.5. The topological polar surface area (TPSA) is 70.7 Å². The number of methoxy groups -OCH3 is 1. The van der Waals surface area contributed by atoms with Crippen molar-refractivity contribution in [3.63, 3.8) is 0 Å². The van der Waals surface area contributed by atoms with E-state index in [2.05, 4.69) is 10.6 Å². The van der Waals surface area contributed by atoms with Gasteiger partial charge in [-0.3, -0.25) is 4.79 Å². The zero-order chi connectivity index (χ0) is 19.6. The van der Waals surface area contributed by atoms with Crippen molar-refractivity contribution in [2.45, 2.75) is 19.9 Å². The van der Waals surface area contributed by atoms with E-state index >= 15 is 0 Å². The van der Waals surface area contributed by atoms with Crippen molar-refractivity contribution >= 4 is 17.6 Å². The quantitative estimate of drug-likeness (QED) is 0.869. The molecular formula is C21H23N3O3. The number of allylic oxidation sites excluding steroid dienone is 1. The molecule has 1 aliphatic heterocycles. The summed E-state index contributed by atoms with van der Waals surface area (Å²) >= 11 is 0. The molecule has 0 radical (unpaired) electrons. The van der Waals surface area contributed by atoms with Crippen LogP contribution in [-0.2, 0) is 4.79 Å². The van der Waals surface area contributed by atoms with Crippen LogP contribution in [0.1, 0.15) is 24.1 Å². The molecule has 6 heteroatoms. The fourth-order valence-electron chi connectivity index (χ4n) is 3.08. The Balaban J connectivity index is 1.99. The highest BCUT2D eigenvalue weighted by Gasteiger charge is 2.34. The van der Waals surface area contributed by atoms with E-state index in [1.165, 1.54) is 4.90 Å². The highest BCUT2D eigenvalue weighted by molar-refractivity contribution is 6.07. The molecule has 0 unspecified atom stereocenters. The fourth-order valence-corrected chi connectivity index (χ4v) is 3.08. The van der Waals surface area contributed by atoms with E-state index in [4.69, 9.17) is 4.74 Å². The average molecular weight is 365 g/mol. The standard InChI is InChI=1S/C21H23N3O3/c1-13-7-5-6-8-17(13)22-20(25)18-14(2)24(3)21(26)23-19(18)15-9-11-16(27-4)12-10-15/h5-12,19H,1-4H3,(H,22,25)(H,23,26)/t19-/m1/s1. The van der Waals surface area contributed by atoms with Gasteiger partial charge < -0.3 is 20.3 Å². The van der Waals surface area contributed by atoms with Crippen LogP contribution in [0.4, 0.5) is 10.5 Å². The van der Waals surface area contributed by atoms with Gasteiger partial charge in [0.25, 0.3) is 5.91 Å². The van der Waals surface area contributed by atoms with Gasteiger partial charge in [-0.2, -0.15) is 0 Å². The van der Waals surface area contributed by atoms with Gasteiger partial charge in [-0.15, -0.1) is 0 Å². The normalized spacial score (nSPS) is 16.8. The molecule has 140 valence electrons. The molecule has 3 rings (SSSR count). The highest BCUT2D eigenvalue weighted by Crippen LogP contribution is 2.31. The van der Waals surface area contributed by atoms with Crippen molar-refractivity contribution in [1.82, 2.24) is 10.2 Å². The smallest absolute Gasteiger partial charge is 0.322 e. The van der Waals surface area contributed by atoms with Crippen LogP contribution in [0.25, 0.3) is 0 Å². The number of hydrogen-bond donors (Lipinski definition) is 2. The number of amides is 3. The van der Waals surface area contributed by atoms with Crippen LogP contribution in [0, 0.1) is 6.92 Å². The second kappa shape index (κ2) is 7.53. The van der Waals surface area contributed by atoms with Crippen LogP contribution in [0.2, 0.25) is 0 Å². The Bertz CT molecular complexity index is 903. The van der Waals surface area contributed by atoms with Gasteiger partial charge >= 0.3 is 6.03 Å². The van der Waals surface area contributed by atoms with Gasteiger partial charge in [-0.05, 0) is 43.2 Å². The second-order valence-corrected chi connectivity index (χ2v) is 6.48.